The molecule has 4 nitrogen and oxygen atoms in total. The molecule has 106 valence electrons. The Morgan fingerprint density at radius 2 is 2.35 bits per heavy atom. The van der Waals surface area contributed by atoms with Crippen molar-refractivity contribution in [1.29, 1.82) is 0 Å². The lowest BCUT2D eigenvalue weighted by Gasteiger charge is -2.13. The summed E-state index contributed by atoms with van der Waals surface area (Å²) in [5.41, 5.74) is 8.15. The van der Waals surface area contributed by atoms with E-state index in [4.69, 9.17) is 5.73 Å². The first kappa shape index (κ1) is 13.5. The molecule has 2 aromatic rings. The monoisotopic (exact) mass is 289 g/mol. The third kappa shape index (κ3) is 2.83. The van der Waals surface area contributed by atoms with Gasteiger partial charge >= 0.3 is 0 Å². The molecule has 0 radical (unpaired) electrons. The molecule has 20 heavy (non-hydrogen) atoms. The molecule has 1 saturated carbocycles. The van der Waals surface area contributed by atoms with Crippen LogP contribution in [0.4, 0.5) is 5.13 Å². The summed E-state index contributed by atoms with van der Waals surface area (Å²) < 4.78 is 1.11. The Balaban J connectivity index is 1.67. The van der Waals surface area contributed by atoms with Gasteiger partial charge in [0.1, 0.15) is 0 Å². The van der Waals surface area contributed by atoms with Gasteiger partial charge in [-0.25, -0.2) is 4.98 Å². The topological polar surface area (TPSA) is 68.0 Å². The highest BCUT2D eigenvalue weighted by atomic mass is 32.1. The molecule has 2 atom stereocenters. The van der Waals surface area contributed by atoms with E-state index in [2.05, 4.69) is 23.3 Å². The first-order chi connectivity index (χ1) is 9.61. The SMILES string of the molecule is Cc1ccc2nc(NC(=O)C[C@@H]3CCC[C@H]3N)sc2c1. The lowest BCUT2D eigenvalue weighted by molar-refractivity contribution is -0.117. The van der Waals surface area contributed by atoms with Gasteiger partial charge in [-0.1, -0.05) is 23.8 Å². The van der Waals surface area contributed by atoms with E-state index >= 15 is 0 Å². The lowest BCUT2D eigenvalue weighted by atomic mass is 10.00. The number of amides is 1. The number of hydrogen-bond acceptors (Lipinski definition) is 4. The number of fused-ring (bicyclic) bond motifs is 1. The summed E-state index contributed by atoms with van der Waals surface area (Å²) in [6.45, 7) is 2.05. The average molecular weight is 289 g/mol. The Morgan fingerprint density at radius 3 is 3.10 bits per heavy atom. The summed E-state index contributed by atoms with van der Waals surface area (Å²) in [6, 6.07) is 6.29. The van der Waals surface area contributed by atoms with Crippen LogP contribution in [0.2, 0.25) is 0 Å². The number of nitrogens with one attached hydrogen (secondary N) is 1. The minimum absolute atomic E-state index is 0.0307. The zero-order valence-electron chi connectivity index (χ0n) is 11.6. The van der Waals surface area contributed by atoms with Crippen molar-refractivity contribution >= 4 is 32.6 Å². The molecule has 0 bridgehead atoms. The third-order valence-corrected chi connectivity index (χ3v) is 4.89. The van der Waals surface area contributed by atoms with Gasteiger partial charge in [-0.15, -0.1) is 0 Å². The van der Waals surface area contributed by atoms with Crippen molar-refractivity contribution < 1.29 is 4.79 Å². The summed E-state index contributed by atoms with van der Waals surface area (Å²) in [5, 5.41) is 3.59. The van der Waals surface area contributed by atoms with E-state index in [9.17, 15) is 4.79 Å². The highest BCUT2D eigenvalue weighted by Gasteiger charge is 2.26. The molecule has 3 N–H and O–H groups in total. The summed E-state index contributed by atoms with van der Waals surface area (Å²) in [7, 11) is 0. The summed E-state index contributed by atoms with van der Waals surface area (Å²) in [4.78, 5) is 16.5. The number of carbonyl (C=O) groups excluding carboxylic acids is 1. The van der Waals surface area contributed by atoms with E-state index in [0.29, 0.717) is 17.5 Å². The van der Waals surface area contributed by atoms with Gasteiger partial charge in [0.15, 0.2) is 5.13 Å². The van der Waals surface area contributed by atoms with Gasteiger partial charge < -0.3 is 11.1 Å². The molecule has 0 saturated heterocycles. The van der Waals surface area contributed by atoms with Gasteiger partial charge in [0, 0.05) is 12.5 Å². The Hall–Kier alpha value is -1.46. The summed E-state index contributed by atoms with van der Waals surface area (Å²) in [6.07, 6.45) is 3.75. The van der Waals surface area contributed by atoms with Crippen LogP contribution in [0.3, 0.4) is 0 Å². The number of aryl methyl sites for hydroxylation is 1. The Labute approximate surface area is 122 Å². The van der Waals surface area contributed by atoms with Gasteiger partial charge in [-0.2, -0.15) is 0 Å². The molecule has 0 unspecified atom stereocenters. The predicted molar refractivity (Wildman–Crippen MR) is 82.9 cm³/mol. The normalized spacial score (nSPS) is 22.3. The first-order valence-electron chi connectivity index (χ1n) is 7.04. The number of carbonyl (C=O) groups is 1. The van der Waals surface area contributed by atoms with Crippen molar-refractivity contribution in [2.45, 2.75) is 38.6 Å². The lowest BCUT2D eigenvalue weighted by Crippen LogP contribution is -2.28. The number of anilines is 1. The Kier molecular flexibility index (Phi) is 3.72. The zero-order chi connectivity index (χ0) is 14.1. The Morgan fingerprint density at radius 1 is 1.50 bits per heavy atom. The van der Waals surface area contributed by atoms with Crippen LogP contribution in [0.1, 0.15) is 31.2 Å². The third-order valence-electron chi connectivity index (χ3n) is 3.96. The summed E-state index contributed by atoms with van der Waals surface area (Å²) in [5.74, 6) is 0.356. The number of nitrogens with zero attached hydrogens (tertiary/aromatic N) is 1. The van der Waals surface area contributed by atoms with Crippen molar-refractivity contribution in [3.05, 3.63) is 23.8 Å². The fraction of sp³-hybridized carbons (Fsp3) is 0.467. The predicted octanol–water partition coefficient (Wildman–Crippen LogP) is 3.06. The largest absolute Gasteiger partial charge is 0.327 e. The average Bonchev–Trinajstić information content (AvgIpc) is 2.95. The van der Waals surface area contributed by atoms with E-state index in [1.54, 1.807) is 0 Å². The van der Waals surface area contributed by atoms with Crippen LogP contribution in [0.15, 0.2) is 18.2 Å². The number of benzene rings is 1. The second kappa shape index (κ2) is 5.50. The van der Waals surface area contributed by atoms with E-state index in [1.807, 2.05) is 12.1 Å². The van der Waals surface area contributed by atoms with Crippen molar-refractivity contribution in [2.75, 3.05) is 5.32 Å². The van der Waals surface area contributed by atoms with Gasteiger partial charge in [0.25, 0.3) is 0 Å². The highest BCUT2D eigenvalue weighted by Crippen LogP contribution is 2.29. The van der Waals surface area contributed by atoms with Gasteiger partial charge in [0.2, 0.25) is 5.91 Å². The molecular formula is C15H19N3OS. The van der Waals surface area contributed by atoms with Gasteiger partial charge in [0.05, 0.1) is 10.2 Å². The van der Waals surface area contributed by atoms with Crippen LogP contribution < -0.4 is 11.1 Å². The van der Waals surface area contributed by atoms with E-state index in [-0.39, 0.29) is 11.9 Å². The highest BCUT2D eigenvalue weighted by molar-refractivity contribution is 7.22. The summed E-state index contributed by atoms with van der Waals surface area (Å²) >= 11 is 1.52. The van der Waals surface area contributed by atoms with Crippen LogP contribution in [-0.4, -0.2) is 16.9 Å². The number of thiazole rings is 1. The quantitative estimate of drug-likeness (QED) is 0.912. The minimum atomic E-state index is 0.0307. The van der Waals surface area contributed by atoms with E-state index in [0.717, 1.165) is 29.5 Å². The number of nitrogens with two attached hydrogens (primary N) is 1. The molecule has 1 aliphatic carbocycles. The molecule has 1 heterocycles. The molecular weight excluding hydrogens is 270 g/mol. The van der Waals surface area contributed by atoms with Crippen LogP contribution >= 0.6 is 11.3 Å². The fourth-order valence-electron chi connectivity index (χ4n) is 2.81. The smallest absolute Gasteiger partial charge is 0.226 e. The van der Waals surface area contributed by atoms with Crippen molar-refractivity contribution in [2.24, 2.45) is 11.7 Å². The first-order valence-corrected chi connectivity index (χ1v) is 7.86. The maximum absolute atomic E-state index is 12.1. The van der Waals surface area contributed by atoms with Gasteiger partial charge in [-0.05, 0) is 43.4 Å². The zero-order valence-corrected chi connectivity index (χ0v) is 12.4. The van der Waals surface area contributed by atoms with Crippen LogP contribution in [0.25, 0.3) is 10.2 Å². The fourth-order valence-corrected chi connectivity index (χ4v) is 3.79. The second-order valence-corrected chi connectivity index (χ2v) is 6.63. The Bertz CT molecular complexity index is 637. The van der Waals surface area contributed by atoms with E-state index in [1.165, 1.54) is 16.9 Å². The molecule has 1 aromatic heterocycles. The second-order valence-electron chi connectivity index (χ2n) is 5.60. The van der Waals surface area contributed by atoms with Crippen LogP contribution in [0.5, 0.6) is 0 Å². The number of aromatic nitrogens is 1. The molecule has 1 aromatic carbocycles. The van der Waals surface area contributed by atoms with Gasteiger partial charge in [-0.3, -0.25) is 4.79 Å². The van der Waals surface area contributed by atoms with Crippen LogP contribution in [-0.2, 0) is 4.79 Å². The minimum Gasteiger partial charge on any atom is -0.327 e. The maximum Gasteiger partial charge on any atom is 0.226 e. The number of rotatable bonds is 3. The standard InChI is InChI=1S/C15H19N3OS/c1-9-5-6-12-13(7-9)20-15(17-12)18-14(19)8-10-3-2-4-11(10)16/h5-7,10-11H,2-4,8,16H2,1H3,(H,17,18,19)/t10-,11+/m0/s1. The van der Waals surface area contributed by atoms with Crippen molar-refractivity contribution in [3.63, 3.8) is 0 Å². The van der Waals surface area contributed by atoms with E-state index < -0.39 is 0 Å². The molecule has 1 fully saturated rings. The molecule has 1 aliphatic rings. The molecule has 3 rings (SSSR count). The maximum atomic E-state index is 12.1. The molecule has 1 amide bonds. The van der Waals surface area contributed by atoms with Crippen LogP contribution in [0, 0.1) is 12.8 Å². The molecule has 0 aliphatic heterocycles. The van der Waals surface area contributed by atoms with Crippen molar-refractivity contribution in [1.82, 2.24) is 4.98 Å². The van der Waals surface area contributed by atoms with Crippen molar-refractivity contribution in [3.8, 4) is 0 Å². The number of hydrogen-bond donors (Lipinski definition) is 2. The molecule has 5 heteroatoms. The molecule has 0 spiro atoms.